The van der Waals surface area contributed by atoms with Crippen LogP contribution in [0.25, 0.3) is 11.1 Å². The summed E-state index contributed by atoms with van der Waals surface area (Å²) >= 11 is -5.49. The number of allylic oxidation sites excluding steroid dienone is 4. The van der Waals surface area contributed by atoms with Gasteiger partial charge in [-0.2, -0.15) is 0 Å². The van der Waals surface area contributed by atoms with Crippen LogP contribution < -0.4 is 0 Å². The molecule has 0 amide bonds. The summed E-state index contributed by atoms with van der Waals surface area (Å²) in [5.41, 5.74) is 3.68. The molecule has 4 nitrogen and oxygen atoms in total. The second kappa shape index (κ2) is 7.11. The van der Waals surface area contributed by atoms with Crippen LogP contribution in [0, 0.1) is 24.7 Å². The van der Waals surface area contributed by atoms with Gasteiger partial charge in [-0.1, -0.05) is 0 Å². The fraction of sp³-hybridized carbons (Fsp3) is 0.0800. The van der Waals surface area contributed by atoms with Crippen molar-refractivity contribution in [3.05, 3.63) is 81.8 Å². The predicted octanol–water partition coefficient (Wildman–Crippen LogP) is 3.90. The topological polar surface area (TPSA) is 52.6 Å². The normalized spacial score (nSPS) is 14.7. The molecule has 0 radical (unpaired) electrons. The molecule has 0 fully saturated rings. The zero-order valence-electron chi connectivity index (χ0n) is 16.1. The molecule has 4 rings (SSSR count). The molecule has 2 aromatic carbocycles. The summed E-state index contributed by atoms with van der Waals surface area (Å²) in [6.07, 6.45) is 16.6. The second-order valence-corrected chi connectivity index (χ2v) is 14.1. The Morgan fingerprint density at radius 1 is 0.933 bits per heavy atom. The first-order valence-corrected chi connectivity index (χ1v) is 13.5. The average molecular weight is 430 g/mol. The Morgan fingerprint density at radius 2 is 1.43 bits per heavy atom. The van der Waals surface area contributed by atoms with Crippen molar-refractivity contribution in [3.8, 4) is 35.8 Å². The standard InChI is InChI=1S/C13H9.C5H5.2C3H2O2.CH2.Ti/c1-3-7-12-10(5-1)9-11-6-2-4-8-13(11)12;1-2-4-5-3-1;2*1-2-3(4)5;;/h1-9H;1-3H,4H2;2*1H,(H,4,5);1H2;/q;;;;;+2/p-2. The van der Waals surface area contributed by atoms with Crippen LogP contribution in [0.2, 0.25) is 0 Å². The number of rotatable bonds is 4. The molecule has 0 atom stereocenters. The predicted molar refractivity (Wildman–Crippen MR) is 113 cm³/mol. The van der Waals surface area contributed by atoms with E-state index in [1.54, 1.807) is 6.08 Å². The van der Waals surface area contributed by atoms with Gasteiger partial charge in [-0.05, 0) is 0 Å². The molecule has 0 saturated heterocycles. The molecule has 0 aromatic heterocycles. The van der Waals surface area contributed by atoms with Gasteiger partial charge in [0.05, 0.1) is 0 Å². The van der Waals surface area contributed by atoms with Gasteiger partial charge < -0.3 is 0 Å². The van der Waals surface area contributed by atoms with Crippen molar-refractivity contribution in [1.29, 1.82) is 0 Å². The molecule has 0 unspecified atom stereocenters. The quantitative estimate of drug-likeness (QED) is 0.546. The van der Waals surface area contributed by atoms with Gasteiger partial charge in [-0.25, -0.2) is 0 Å². The Balaban J connectivity index is 2.10. The summed E-state index contributed by atoms with van der Waals surface area (Å²) in [6, 6.07) is 15.5. The van der Waals surface area contributed by atoms with Crippen LogP contribution in [0.4, 0.5) is 0 Å². The zero-order valence-corrected chi connectivity index (χ0v) is 17.7. The third-order valence-corrected chi connectivity index (χ3v) is 13.2. The fourth-order valence-corrected chi connectivity index (χ4v) is 11.7. The van der Waals surface area contributed by atoms with Crippen molar-refractivity contribution in [2.75, 3.05) is 0 Å². The van der Waals surface area contributed by atoms with E-state index < -0.39 is 31.8 Å². The first kappa shape index (κ1) is 19.9. The molecule has 0 N–H and O–H groups in total. The van der Waals surface area contributed by atoms with Crippen LogP contribution in [-0.4, -0.2) is 16.8 Å². The van der Waals surface area contributed by atoms with Crippen molar-refractivity contribution in [2.24, 2.45) is 0 Å². The summed E-state index contributed by atoms with van der Waals surface area (Å²) < 4.78 is 12.0. The molecular formula is C25H18O4Ti. The van der Waals surface area contributed by atoms with Gasteiger partial charge in [0.25, 0.3) is 0 Å². The number of carbonyl (C=O) groups excluding carboxylic acids is 2. The molecule has 5 heteroatoms. The van der Waals surface area contributed by atoms with Crippen LogP contribution in [0.5, 0.6) is 0 Å². The van der Waals surface area contributed by atoms with Crippen LogP contribution in [0.3, 0.4) is 0 Å². The van der Waals surface area contributed by atoms with E-state index in [4.69, 9.17) is 19.5 Å². The number of carbonyl (C=O) groups is 2. The van der Waals surface area contributed by atoms with Gasteiger partial charge in [0.1, 0.15) is 0 Å². The Hall–Kier alpha value is -3.44. The van der Waals surface area contributed by atoms with Gasteiger partial charge in [0.15, 0.2) is 0 Å². The van der Waals surface area contributed by atoms with E-state index in [0.29, 0.717) is 10.3 Å². The molecule has 0 spiro atoms. The van der Waals surface area contributed by atoms with Gasteiger partial charge >= 0.3 is 177 Å². The number of fused-ring (bicyclic) bond motifs is 3. The number of hydrogen-bond acceptors (Lipinski definition) is 4. The first-order valence-electron chi connectivity index (χ1n) is 9.39. The number of benzene rings is 2. The van der Waals surface area contributed by atoms with Gasteiger partial charge in [0.2, 0.25) is 0 Å². The molecule has 0 aliphatic heterocycles. The van der Waals surface area contributed by atoms with Crippen molar-refractivity contribution in [2.45, 2.75) is 10.6 Å². The Labute approximate surface area is 176 Å². The van der Waals surface area contributed by atoms with E-state index in [-0.39, 0.29) is 0 Å². The SMILES string of the molecule is C#CC(=O)[O][Ti](=[CH2])([O]C(=O)C#C)([C]1=CC=CC1)[CH]1c2ccccc2-c2ccccc21. The zero-order chi connectivity index (χ0) is 21.4. The minimum atomic E-state index is -5.49. The van der Waals surface area contributed by atoms with Crippen molar-refractivity contribution in [3.63, 3.8) is 0 Å². The number of hydrogen-bond donors (Lipinski definition) is 0. The maximum atomic E-state index is 12.5. The van der Waals surface area contributed by atoms with Crippen molar-refractivity contribution < 1.29 is 31.8 Å². The van der Waals surface area contributed by atoms with E-state index in [0.717, 1.165) is 22.3 Å². The minimum absolute atomic E-state index is 0.428. The van der Waals surface area contributed by atoms with Gasteiger partial charge in [-0.15, -0.1) is 0 Å². The van der Waals surface area contributed by atoms with Crippen LogP contribution in [-0.2, 0) is 31.8 Å². The van der Waals surface area contributed by atoms with E-state index in [1.807, 2.05) is 72.5 Å². The summed E-state index contributed by atoms with van der Waals surface area (Å²) in [6.45, 7) is 0. The van der Waals surface area contributed by atoms with Crippen molar-refractivity contribution >= 4 is 16.8 Å². The first-order chi connectivity index (χ1) is 14.4. The summed E-state index contributed by atoms with van der Waals surface area (Å²) in [5, 5.41) is 0. The molecule has 2 aliphatic rings. The Kier molecular flexibility index (Phi) is 4.71. The molecular weight excluding hydrogens is 412 g/mol. The van der Waals surface area contributed by atoms with E-state index in [1.165, 1.54) is 0 Å². The third-order valence-electron chi connectivity index (χ3n) is 5.73. The van der Waals surface area contributed by atoms with Crippen LogP contribution in [0.1, 0.15) is 21.8 Å². The van der Waals surface area contributed by atoms with Gasteiger partial charge in [0, 0.05) is 0 Å². The molecule has 2 aromatic rings. The summed E-state index contributed by atoms with van der Waals surface area (Å²) in [7, 11) is 0. The van der Waals surface area contributed by atoms with E-state index >= 15 is 0 Å². The summed E-state index contributed by atoms with van der Waals surface area (Å²) in [4.78, 5) is 29.4. The maximum absolute atomic E-state index is 12.5. The van der Waals surface area contributed by atoms with Gasteiger partial charge in [-0.3, -0.25) is 0 Å². The van der Waals surface area contributed by atoms with Crippen molar-refractivity contribution in [1.82, 2.24) is 0 Å². The monoisotopic (exact) mass is 430 g/mol. The molecule has 146 valence electrons. The Morgan fingerprint density at radius 3 is 1.87 bits per heavy atom. The summed E-state index contributed by atoms with van der Waals surface area (Å²) in [5.74, 6) is 2.12. The molecule has 0 saturated carbocycles. The fourth-order valence-electron chi connectivity index (χ4n) is 4.54. The molecule has 2 aliphatic carbocycles. The number of terminal acetylenes is 2. The van der Waals surface area contributed by atoms with Crippen LogP contribution >= 0.6 is 0 Å². The third kappa shape index (κ3) is 2.82. The van der Waals surface area contributed by atoms with E-state index in [9.17, 15) is 9.59 Å². The molecule has 0 bridgehead atoms. The van der Waals surface area contributed by atoms with E-state index in [2.05, 4.69) is 4.82 Å². The molecule has 0 heterocycles. The average Bonchev–Trinajstić information content (AvgIpc) is 3.41. The van der Waals surface area contributed by atoms with Crippen LogP contribution in [0.15, 0.2) is 70.6 Å². The Bertz CT molecular complexity index is 1220. The second-order valence-electron chi connectivity index (χ2n) is 7.34. The molecule has 30 heavy (non-hydrogen) atoms.